The van der Waals surface area contributed by atoms with Crippen LogP contribution in [0.2, 0.25) is 5.02 Å². The molecular weight excluding hydrogens is 450 g/mol. The lowest BCUT2D eigenvalue weighted by atomic mass is 9.99. The van der Waals surface area contributed by atoms with E-state index in [2.05, 4.69) is 30.3 Å². The van der Waals surface area contributed by atoms with Crippen molar-refractivity contribution in [3.05, 3.63) is 126 Å². The van der Waals surface area contributed by atoms with E-state index in [4.69, 9.17) is 26.6 Å². The van der Waals surface area contributed by atoms with Crippen molar-refractivity contribution in [3.63, 3.8) is 0 Å². The topological polar surface area (TPSA) is 38.7 Å². The van der Waals surface area contributed by atoms with Gasteiger partial charge in [0.15, 0.2) is 17.5 Å². The Morgan fingerprint density at radius 3 is 1.60 bits per heavy atom. The molecule has 5 aromatic carbocycles. The maximum Gasteiger partial charge on any atom is 0.164 e. The van der Waals surface area contributed by atoms with Gasteiger partial charge in [-0.15, -0.1) is 0 Å². The van der Waals surface area contributed by atoms with Gasteiger partial charge in [0.05, 0.1) is 0 Å². The predicted octanol–water partition coefficient (Wildman–Crippen LogP) is 8.35. The van der Waals surface area contributed by atoms with Gasteiger partial charge in [-0.25, -0.2) is 15.0 Å². The van der Waals surface area contributed by atoms with Crippen LogP contribution in [-0.4, -0.2) is 15.0 Å². The standard InChI is InChI=1S/C31H20ClN3/c32-28-20-19-27(24-16-8-9-17-25(24)28)31-34-29(22-13-5-2-6-14-22)33-30(35-31)26-18-10-7-15-23(26)21-11-3-1-4-12-21/h1-20H. The second kappa shape index (κ2) is 9.13. The average Bonchev–Trinajstić information content (AvgIpc) is 2.94. The van der Waals surface area contributed by atoms with Gasteiger partial charge in [0.2, 0.25) is 0 Å². The number of benzene rings is 5. The molecule has 0 unspecified atom stereocenters. The molecule has 166 valence electrons. The van der Waals surface area contributed by atoms with E-state index in [1.54, 1.807) is 0 Å². The second-order valence-corrected chi connectivity index (χ2v) is 8.63. The van der Waals surface area contributed by atoms with Gasteiger partial charge in [0, 0.05) is 27.1 Å². The summed E-state index contributed by atoms with van der Waals surface area (Å²) in [5, 5.41) is 2.68. The predicted molar refractivity (Wildman–Crippen MR) is 144 cm³/mol. The Morgan fingerprint density at radius 2 is 0.886 bits per heavy atom. The smallest absolute Gasteiger partial charge is 0.164 e. The van der Waals surface area contributed by atoms with E-state index < -0.39 is 0 Å². The minimum atomic E-state index is 0.615. The van der Waals surface area contributed by atoms with E-state index in [1.807, 2.05) is 91.0 Å². The van der Waals surface area contributed by atoms with E-state index >= 15 is 0 Å². The van der Waals surface area contributed by atoms with Crippen LogP contribution >= 0.6 is 11.6 Å². The van der Waals surface area contributed by atoms with Gasteiger partial charge in [-0.2, -0.15) is 0 Å². The maximum atomic E-state index is 6.51. The molecule has 0 fully saturated rings. The highest BCUT2D eigenvalue weighted by molar-refractivity contribution is 6.36. The third-order valence-electron chi connectivity index (χ3n) is 6.03. The van der Waals surface area contributed by atoms with Crippen molar-refractivity contribution in [3.8, 4) is 45.3 Å². The molecule has 0 radical (unpaired) electrons. The molecule has 6 aromatic rings. The zero-order chi connectivity index (χ0) is 23.6. The Hall–Kier alpha value is -4.34. The summed E-state index contributed by atoms with van der Waals surface area (Å²) >= 11 is 6.51. The molecular formula is C31H20ClN3. The Bertz CT molecular complexity index is 1650. The number of hydrogen-bond donors (Lipinski definition) is 0. The Balaban J connectivity index is 1.63. The number of hydrogen-bond acceptors (Lipinski definition) is 3. The van der Waals surface area contributed by atoms with Crippen molar-refractivity contribution in [2.45, 2.75) is 0 Å². The van der Waals surface area contributed by atoms with Crippen LogP contribution in [0, 0.1) is 0 Å². The highest BCUT2D eigenvalue weighted by atomic mass is 35.5. The van der Waals surface area contributed by atoms with Crippen molar-refractivity contribution >= 4 is 22.4 Å². The number of fused-ring (bicyclic) bond motifs is 1. The normalized spacial score (nSPS) is 11.0. The molecule has 0 aliphatic rings. The largest absolute Gasteiger partial charge is 0.208 e. The van der Waals surface area contributed by atoms with Crippen LogP contribution in [0.4, 0.5) is 0 Å². The van der Waals surface area contributed by atoms with Crippen LogP contribution < -0.4 is 0 Å². The summed E-state index contributed by atoms with van der Waals surface area (Å²) in [5.74, 6) is 1.88. The molecule has 0 saturated heterocycles. The molecule has 0 bridgehead atoms. The first-order valence-corrected chi connectivity index (χ1v) is 11.8. The van der Waals surface area contributed by atoms with Crippen LogP contribution in [0.3, 0.4) is 0 Å². The van der Waals surface area contributed by atoms with Gasteiger partial charge < -0.3 is 0 Å². The molecule has 1 aromatic heterocycles. The van der Waals surface area contributed by atoms with Gasteiger partial charge in [0.25, 0.3) is 0 Å². The highest BCUT2D eigenvalue weighted by Crippen LogP contribution is 2.35. The van der Waals surface area contributed by atoms with E-state index in [0.717, 1.165) is 38.6 Å². The Kier molecular flexibility index (Phi) is 5.53. The second-order valence-electron chi connectivity index (χ2n) is 8.22. The van der Waals surface area contributed by atoms with Gasteiger partial charge in [-0.05, 0) is 28.6 Å². The summed E-state index contributed by atoms with van der Waals surface area (Å²) in [6, 6.07) is 40.5. The number of aromatic nitrogens is 3. The van der Waals surface area contributed by atoms with Crippen molar-refractivity contribution in [1.29, 1.82) is 0 Å². The zero-order valence-electron chi connectivity index (χ0n) is 18.8. The molecule has 6 rings (SSSR count). The molecule has 3 nitrogen and oxygen atoms in total. The van der Waals surface area contributed by atoms with Crippen LogP contribution in [-0.2, 0) is 0 Å². The summed E-state index contributed by atoms with van der Waals surface area (Å²) in [6.07, 6.45) is 0. The van der Waals surface area contributed by atoms with Crippen LogP contribution in [0.5, 0.6) is 0 Å². The molecule has 0 saturated carbocycles. The van der Waals surface area contributed by atoms with E-state index in [-0.39, 0.29) is 0 Å². The summed E-state index contributed by atoms with van der Waals surface area (Å²) < 4.78 is 0. The lowest BCUT2D eigenvalue weighted by Crippen LogP contribution is -2.01. The van der Waals surface area contributed by atoms with Gasteiger partial charge in [0.1, 0.15) is 0 Å². The van der Waals surface area contributed by atoms with Crippen molar-refractivity contribution < 1.29 is 0 Å². The first-order valence-electron chi connectivity index (χ1n) is 11.4. The fourth-order valence-corrected chi connectivity index (χ4v) is 4.57. The first kappa shape index (κ1) is 21.2. The summed E-state index contributed by atoms with van der Waals surface area (Å²) in [6.45, 7) is 0. The molecule has 1 heterocycles. The lowest BCUT2D eigenvalue weighted by molar-refractivity contribution is 1.08. The SMILES string of the molecule is Clc1ccc(-c2nc(-c3ccccc3)nc(-c3ccccc3-c3ccccc3)n2)c2ccccc12. The van der Waals surface area contributed by atoms with Crippen LogP contribution in [0.25, 0.3) is 56.1 Å². The van der Waals surface area contributed by atoms with Crippen molar-refractivity contribution in [1.82, 2.24) is 15.0 Å². The van der Waals surface area contributed by atoms with E-state index in [1.165, 1.54) is 0 Å². The highest BCUT2D eigenvalue weighted by Gasteiger charge is 2.17. The Labute approximate surface area is 208 Å². The number of halogens is 1. The average molecular weight is 470 g/mol. The van der Waals surface area contributed by atoms with Gasteiger partial charge in [-0.1, -0.05) is 121 Å². The van der Waals surface area contributed by atoms with E-state index in [9.17, 15) is 0 Å². The molecule has 0 atom stereocenters. The summed E-state index contributed by atoms with van der Waals surface area (Å²) in [5.41, 5.74) is 5.00. The van der Waals surface area contributed by atoms with Crippen LogP contribution in [0.15, 0.2) is 121 Å². The third-order valence-corrected chi connectivity index (χ3v) is 6.36. The number of nitrogens with zero attached hydrogens (tertiary/aromatic N) is 3. The summed E-state index contributed by atoms with van der Waals surface area (Å²) in [7, 11) is 0. The summed E-state index contributed by atoms with van der Waals surface area (Å²) in [4.78, 5) is 14.9. The van der Waals surface area contributed by atoms with Gasteiger partial charge in [-0.3, -0.25) is 0 Å². The molecule has 0 amide bonds. The van der Waals surface area contributed by atoms with Gasteiger partial charge >= 0.3 is 0 Å². The van der Waals surface area contributed by atoms with Crippen molar-refractivity contribution in [2.75, 3.05) is 0 Å². The molecule has 0 aliphatic carbocycles. The molecule has 4 heteroatoms. The molecule has 0 aliphatic heterocycles. The number of rotatable bonds is 4. The Morgan fingerprint density at radius 1 is 0.371 bits per heavy atom. The zero-order valence-corrected chi connectivity index (χ0v) is 19.5. The third kappa shape index (κ3) is 4.07. The van der Waals surface area contributed by atoms with Crippen molar-refractivity contribution in [2.24, 2.45) is 0 Å². The monoisotopic (exact) mass is 469 g/mol. The van der Waals surface area contributed by atoms with E-state index in [0.29, 0.717) is 22.5 Å². The molecule has 35 heavy (non-hydrogen) atoms. The minimum Gasteiger partial charge on any atom is -0.208 e. The minimum absolute atomic E-state index is 0.615. The molecule has 0 N–H and O–H groups in total. The first-order chi connectivity index (χ1) is 17.3. The maximum absolute atomic E-state index is 6.51. The lowest BCUT2D eigenvalue weighted by Gasteiger charge is -2.13. The fourth-order valence-electron chi connectivity index (χ4n) is 4.34. The fraction of sp³-hybridized carbons (Fsp3) is 0. The quantitative estimate of drug-likeness (QED) is 0.260. The van der Waals surface area contributed by atoms with Crippen LogP contribution in [0.1, 0.15) is 0 Å². The molecule has 0 spiro atoms.